The van der Waals surface area contributed by atoms with E-state index >= 15 is 0 Å². The zero-order chi connectivity index (χ0) is 8.41. The van der Waals surface area contributed by atoms with E-state index in [-0.39, 0.29) is 1.43 Å². The fourth-order valence-corrected chi connectivity index (χ4v) is 0.329. The third kappa shape index (κ3) is 10.4. The van der Waals surface area contributed by atoms with Gasteiger partial charge in [-0.05, 0) is 13.8 Å². The first-order valence-corrected chi connectivity index (χ1v) is 3.79. The lowest BCUT2D eigenvalue weighted by Gasteiger charge is -1.87. The lowest BCUT2D eigenvalue weighted by atomic mass is 10.3. The third-order valence-corrected chi connectivity index (χ3v) is 0.895. The van der Waals surface area contributed by atoms with Gasteiger partial charge in [-0.3, -0.25) is 0 Å². The van der Waals surface area contributed by atoms with Crippen LogP contribution < -0.4 is 5.73 Å². The summed E-state index contributed by atoms with van der Waals surface area (Å²) in [6.07, 6.45) is 5.99. The van der Waals surface area contributed by atoms with Gasteiger partial charge in [0.2, 0.25) is 0 Å². The Morgan fingerprint density at radius 1 is 1.50 bits per heavy atom. The predicted molar refractivity (Wildman–Crippen MR) is 51.1 cm³/mol. The van der Waals surface area contributed by atoms with E-state index in [4.69, 9.17) is 5.73 Å². The van der Waals surface area contributed by atoms with Gasteiger partial charge in [0.05, 0.1) is 0 Å². The van der Waals surface area contributed by atoms with E-state index in [0.717, 1.165) is 0 Å². The number of allylic oxidation sites excluding steroid dienone is 3. The highest BCUT2D eigenvalue weighted by Gasteiger charge is 1.75. The molecule has 0 radical (unpaired) electrons. The highest BCUT2D eigenvalue weighted by Crippen LogP contribution is 1.87. The van der Waals surface area contributed by atoms with E-state index in [2.05, 4.69) is 0 Å². The molecule has 0 unspecified atom stereocenters. The molecule has 0 aromatic rings. The van der Waals surface area contributed by atoms with Crippen molar-refractivity contribution in [3.05, 3.63) is 23.8 Å². The molecule has 0 amide bonds. The summed E-state index contributed by atoms with van der Waals surface area (Å²) in [6.45, 7) is 8.66. The molecule has 0 saturated heterocycles. The molecule has 0 bridgehead atoms. The number of hydrogen-bond acceptors (Lipinski definition) is 1. The first-order valence-electron chi connectivity index (χ1n) is 3.79. The van der Waals surface area contributed by atoms with Crippen LogP contribution in [0.5, 0.6) is 0 Å². The smallest absolute Gasteiger partial charge is 0.0137 e. The maximum Gasteiger partial charge on any atom is 0.0137 e. The van der Waals surface area contributed by atoms with Gasteiger partial charge in [-0.15, -0.1) is 0 Å². The van der Waals surface area contributed by atoms with E-state index in [1.807, 2.05) is 45.9 Å². The van der Waals surface area contributed by atoms with E-state index in [1.165, 1.54) is 5.57 Å². The molecule has 0 aliphatic heterocycles. The van der Waals surface area contributed by atoms with Crippen LogP contribution in [0.3, 0.4) is 0 Å². The van der Waals surface area contributed by atoms with Crippen molar-refractivity contribution < 1.29 is 1.43 Å². The molecule has 0 saturated carbocycles. The molecule has 1 heteroatoms. The average molecular weight is 143 g/mol. The van der Waals surface area contributed by atoms with Crippen molar-refractivity contribution in [3.63, 3.8) is 0 Å². The summed E-state index contributed by atoms with van der Waals surface area (Å²) in [5.74, 6) is 0. The second-order valence-electron chi connectivity index (χ2n) is 1.74. The summed E-state index contributed by atoms with van der Waals surface area (Å²) in [7, 11) is 0. The van der Waals surface area contributed by atoms with Crippen molar-refractivity contribution in [2.75, 3.05) is 6.54 Å². The molecule has 0 aromatic heterocycles. The summed E-state index contributed by atoms with van der Waals surface area (Å²) < 4.78 is 0. The van der Waals surface area contributed by atoms with E-state index in [1.54, 1.807) is 0 Å². The van der Waals surface area contributed by atoms with Gasteiger partial charge in [-0.1, -0.05) is 37.6 Å². The molecular weight excluding hydrogens is 122 g/mol. The van der Waals surface area contributed by atoms with Gasteiger partial charge in [0.1, 0.15) is 0 Å². The maximum atomic E-state index is 5.31. The second-order valence-corrected chi connectivity index (χ2v) is 1.74. The van der Waals surface area contributed by atoms with Crippen LogP contribution in [0, 0.1) is 0 Å². The van der Waals surface area contributed by atoms with E-state index in [0.29, 0.717) is 6.54 Å². The molecule has 0 spiro atoms. The van der Waals surface area contributed by atoms with E-state index in [9.17, 15) is 0 Å². The van der Waals surface area contributed by atoms with Gasteiger partial charge in [-0.2, -0.15) is 0 Å². The molecule has 10 heavy (non-hydrogen) atoms. The fourth-order valence-electron chi connectivity index (χ4n) is 0.329. The van der Waals surface area contributed by atoms with Crippen LogP contribution in [0.2, 0.25) is 0 Å². The highest BCUT2D eigenvalue weighted by atomic mass is 14.5. The average Bonchev–Trinajstić information content (AvgIpc) is 2.04. The van der Waals surface area contributed by atoms with Crippen molar-refractivity contribution in [2.45, 2.75) is 27.7 Å². The van der Waals surface area contributed by atoms with Gasteiger partial charge in [0.25, 0.3) is 0 Å². The Labute approximate surface area is 66.1 Å². The van der Waals surface area contributed by atoms with Crippen LogP contribution in [0.15, 0.2) is 23.8 Å². The molecule has 0 fully saturated rings. The van der Waals surface area contributed by atoms with Gasteiger partial charge in [-0.25, -0.2) is 0 Å². The van der Waals surface area contributed by atoms with Gasteiger partial charge >= 0.3 is 0 Å². The van der Waals surface area contributed by atoms with Gasteiger partial charge in [0.15, 0.2) is 0 Å². The van der Waals surface area contributed by atoms with Crippen LogP contribution in [-0.4, -0.2) is 6.54 Å². The Morgan fingerprint density at radius 3 is 2.30 bits per heavy atom. The van der Waals surface area contributed by atoms with Crippen LogP contribution in [0.4, 0.5) is 0 Å². The minimum Gasteiger partial charge on any atom is -0.327 e. The lowest BCUT2D eigenvalue weighted by Crippen LogP contribution is -1.98. The van der Waals surface area contributed by atoms with Crippen LogP contribution in [0.25, 0.3) is 0 Å². The summed E-state index contributed by atoms with van der Waals surface area (Å²) in [5.41, 5.74) is 6.52. The Bertz CT molecular complexity index is 106. The van der Waals surface area contributed by atoms with Crippen molar-refractivity contribution in [2.24, 2.45) is 5.73 Å². The summed E-state index contributed by atoms with van der Waals surface area (Å²) in [5, 5.41) is 0. The maximum absolute atomic E-state index is 5.31. The monoisotopic (exact) mass is 143 g/mol. The Hall–Kier alpha value is -0.560. The molecular formula is C9H21N. The molecule has 0 aromatic carbocycles. The molecule has 62 valence electrons. The summed E-state index contributed by atoms with van der Waals surface area (Å²) in [6, 6.07) is 0. The first kappa shape index (κ1) is 12.1. The zero-order valence-corrected chi connectivity index (χ0v) is 7.52. The van der Waals surface area contributed by atoms with Gasteiger partial charge < -0.3 is 5.73 Å². The Balaban J connectivity index is -0.000000196. The van der Waals surface area contributed by atoms with E-state index < -0.39 is 0 Å². The first-order chi connectivity index (χ1) is 4.81. The quantitative estimate of drug-likeness (QED) is 0.591. The summed E-state index contributed by atoms with van der Waals surface area (Å²) >= 11 is 0. The summed E-state index contributed by atoms with van der Waals surface area (Å²) in [4.78, 5) is 0. The SMILES string of the molecule is C/C=C\C=C(\C)CN.CC.[HH]. The van der Waals surface area contributed by atoms with Crippen molar-refractivity contribution in [3.8, 4) is 0 Å². The molecule has 0 atom stereocenters. The second kappa shape index (κ2) is 11.3. The fraction of sp³-hybridized carbons (Fsp3) is 0.556. The molecule has 0 rings (SSSR count). The number of rotatable bonds is 2. The molecule has 0 aliphatic carbocycles. The van der Waals surface area contributed by atoms with Crippen LogP contribution >= 0.6 is 0 Å². The molecule has 0 heterocycles. The van der Waals surface area contributed by atoms with Crippen molar-refractivity contribution >= 4 is 0 Å². The van der Waals surface area contributed by atoms with Gasteiger partial charge in [0, 0.05) is 7.97 Å². The normalized spacial score (nSPS) is 11.1. The zero-order valence-electron chi connectivity index (χ0n) is 7.52. The van der Waals surface area contributed by atoms with Crippen molar-refractivity contribution in [1.29, 1.82) is 0 Å². The number of nitrogens with two attached hydrogens (primary N) is 1. The lowest BCUT2D eigenvalue weighted by molar-refractivity contribution is 1.14. The third-order valence-electron chi connectivity index (χ3n) is 0.895. The topological polar surface area (TPSA) is 26.0 Å². The molecule has 2 N–H and O–H groups in total. The number of hydrogen-bond donors (Lipinski definition) is 1. The minimum absolute atomic E-state index is 0. The Kier molecular flexibility index (Phi) is 13.7. The van der Waals surface area contributed by atoms with Crippen LogP contribution in [0.1, 0.15) is 29.1 Å². The highest BCUT2D eigenvalue weighted by molar-refractivity contribution is 5.10. The Morgan fingerprint density at radius 2 is 2.00 bits per heavy atom. The minimum atomic E-state index is 0. The standard InChI is InChI=1S/C7H13N.C2H6.H2/c1-3-4-5-7(2)6-8;1-2;/h3-5H,6,8H2,1-2H3;1-2H3;1H/b4-3-,7-5-;;. The molecule has 1 nitrogen and oxygen atoms in total. The predicted octanol–water partition coefficient (Wildman–Crippen LogP) is 2.74. The van der Waals surface area contributed by atoms with Crippen molar-refractivity contribution in [1.82, 2.24) is 0 Å². The van der Waals surface area contributed by atoms with Crippen LogP contribution in [-0.2, 0) is 0 Å². The molecule has 0 aliphatic rings. The largest absolute Gasteiger partial charge is 0.327 e.